The topological polar surface area (TPSA) is 101 Å². The molecule has 1 aliphatic heterocycles. The van der Waals surface area contributed by atoms with Gasteiger partial charge in [-0.15, -0.1) is 0 Å². The number of piperazine rings is 1. The largest absolute Gasteiger partial charge is 0.366 e. The molecule has 0 spiro atoms. The van der Waals surface area contributed by atoms with Crippen LogP contribution < -0.4 is 4.90 Å². The molecule has 3 heterocycles. The highest BCUT2D eigenvalue weighted by atomic mass is 16.6. The van der Waals surface area contributed by atoms with Crippen molar-refractivity contribution in [3.63, 3.8) is 0 Å². The third-order valence-corrected chi connectivity index (χ3v) is 4.11. The van der Waals surface area contributed by atoms with Crippen molar-refractivity contribution < 1.29 is 9.45 Å². The smallest absolute Gasteiger partial charge is 0.363 e. The lowest BCUT2D eigenvalue weighted by Crippen LogP contribution is -2.46. The molecular formula is C16H22N6O3. The minimum absolute atomic E-state index is 0.128. The lowest BCUT2D eigenvalue weighted by molar-refractivity contribution is -0.389. The van der Waals surface area contributed by atoms with Crippen molar-refractivity contribution in [2.75, 3.05) is 31.1 Å². The lowest BCUT2D eigenvalue weighted by atomic mass is 10.1. The Morgan fingerprint density at radius 1 is 1.28 bits per heavy atom. The van der Waals surface area contributed by atoms with E-state index < -0.39 is 4.92 Å². The van der Waals surface area contributed by atoms with Gasteiger partial charge in [0.2, 0.25) is 5.89 Å². The van der Waals surface area contributed by atoms with Gasteiger partial charge in [-0.25, -0.2) is 0 Å². The molecular weight excluding hydrogens is 324 g/mol. The third-order valence-electron chi connectivity index (χ3n) is 4.11. The zero-order valence-corrected chi connectivity index (χ0v) is 14.5. The number of anilines is 1. The average Bonchev–Trinajstić information content (AvgIpc) is 3.02. The molecule has 134 valence electrons. The van der Waals surface area contributed by atoms with Gasteiger partial charge in [0.1, 0.15) is 0 Å². The summed E-state index contributed by atoms with van der Waals surface area (Å²) in [6, 6.07) is 3.19. The SMILES string of the molecule is CC(C)Cc1nc(CN2CCN(c3ccc([N+](=O)[O-])nc3)CC2)no1. The van der Waals surface area contributed by atoms with Crippen LogP contribution in [0.2, 0.25) is 0 Å². The van der Waals surface area contributed by atoms with Gasteiger partial charge >= 0.3 is 5.82 Å². The van der Waals surface area contributed by atoms with Gasteiger partial charge in [-0.1, -0.05) is 19.0 Å². The fourth-order valence-electron chi connectivity index (χ4n) is 2.82. The summed E-state index contributed by atoms with van der Waals surface area (Å²) in [4.78, 5) is 23.0. The second-order valence-corrected chi connectivity index (χ2v) is 6.60. The molecule has 1 aliphatic rings. The van der Waals surface area contributed by atoms with Crippen LogP contribution in [0.25, 0.3) is 0 Å². The molecule has 2 aromatic rings. The highest BCUT2D eigenvalue weighted by Gasteiger charge is 2.20. The molecule has 0 amide bonds. The molecule has 0 radical (unpaired) electrons. The number of nitrogens with zero attached hydrogens (tertiary/aromatic N) is 6. The summed E-state index contributed by atoms with van der Waals surface area (Å²) in [6.07, 6.45) is 2.36. The maximum Gasteiger partial charge on any atom is 0.363 e. The Morgan fingerprint density at radius 3 is 2.64 bits per heavy atom. The highest BCUT2D eigenvalue weighted by Crippen LogP contribution is 2.18. The van der Waals surface area contributed by atoms with Gasteiger partial charge in [0.05, 0.1) is 12.2 Å². The Bertz CT molecular complexity index is 707. The Morgan fingerprint density at radius 2 is 2.04 bits per heavy atom. The van der Waals surface area contributed by atoms with Crippen LogP contribution in [0.1, 0.15) is 25.6 Å². The molecule has 2 aromatic heterocycles. The molecule has 1 saturated heterocycles. The van der Waals surface area contributed by atoms with Crippen LogP contribution in [0.15, 0.2) is 22.9 Å². The second-order valence-electron chi connectivity index (χ2n) is 6.60. The standard InChI is InChI=1S/C16H22N6O3/c1-12(2)9-16-18-14(19-25-16)11-20-5-7-21(8-6-20)13-3-4-15(17-10-13)22(23)24/h3-4,10,12H,5-9,11H2,1-2H3. The fourth-order valence-corrected chi connectivity index (χ4v) is 2.82. The van der Waals surface area contributed by atoms with Gasteiger partial charge in [-0.2, -0.15) is 4.98 Å². The molecule has 25 heavy (non-hydrogen) atoms. The summed E-state index contributed by atoms with van der Waals surface area (Å²) >= 11 is 0. The molecule has 0 bridgehead atoms. The van der Waals surface area contributed by atoms with E-state index in [9.17, 15) is 10.1 Å². The van der Waals surface area contributed by atoms with Crippen molar-refractivity contribution in [1.82, 2.24) is 20.0 Å². The van der Waals surface area contributed by atoms with Crippen molar-refractivity contribution in [2.45, 2.75) is 26.8 Å². The lowest BCUT2D eigenvalue weighted by Gasteiger charge is -2.34. The van der Waals surface area contributed by atoms with Crippen LogP contribution in [-0.2, 0) is 13.0 Å². The van der Waals surface area contributed by atoms with E-state index in [0.29, 0.717) is 18.4 Å². The zero-order chi connectivity index (χ0) is 17.8. The number of rotatable bonds is 6. The molecule has 0 aromatic carbocycles. The van der Waals surface area contributed by atoms with E-state index in [1.807, 2.05) is 0 Å². The molecule has 3 rings (SSSR count). The number of hydrogen-bond acceptors (Lipinski definition) is 8. The number of nitro groups is 1. The van der Waals surface area contributed by atoms with Crippen LogP contribution in [0.4, 0.5) is 11.5 Å². The minimum Gasteiger partial charge on any atom is -0.366 e. The van der Waals surface area contributed by atoms with E-state index in [0.717, 1.165) is 44.1 Å². The van der Waals surface area contributed by atoms with E-state index in [4.69, 9.17) is 4.52 Å². The summed E-state index contributed by atoms with van der Waals surface area (Å²) in [6.45, 7) is 8.31. The monoisotopic (exact) mass is 346 g/mol. The Hall–Kier alpha value is -2.55. The molecule has 9 nitrogen and oxygen atoms in total. The van der Waals surface area contributed by atoms with Gasteiger partial charge in [-0.05, 0) is 21.9 Å². The van der Waals surface area contributed by atoms with E-state index in [1.54, 1.807) is 12.3 Å². The zero-order valence-electron chi connectivity index (χ0n) is 14.5. The molecule has 0 unspecified atom stereocenters. The first-order chi connectivity index (χ1) is 12.0. The minimum atomic E-state index is -0.486. The van der Waals surface area contributed by atoms with Crippen molar-refractivity contribution in [1.29, 1.82) is 0 Å². The highest BCUT2D eigenvalue weighted by molar-refractivity contribution is 5.46. The van der Waals surface area contributed by atoms with Crippen molar-refractivity contribution in [3.8, 4) is 0 Å². The van der Waals surface area contributed by atoms with Crippen LogP contribution in [0.3, 0.4) is 0 Å². The Kier molecular flexibility index (Phi) is 5.22. The molecule has 0 saturated carbocycles. The number of aromatic nitrogens is 3. The van der Waals surface area contributed by atoms with E-state index in [-0.39, 0.29) is 5.82 Å². The predicted molar refractivity (Wildman–Crippen MR) is 91.2 cm³/mol. The molecule has 0 aliphatic carbocycles. The van der Waals surface area contributed by atoms with Crippen molar-refractivity contribution in [3.05, 3.63) is 40.2 Å². The summed E-state index contributed by atoms with van der Waals surface area (Å²) < 4.78 is 5.28. The normalized spacial score (nSPS) is 15.7. The second kappa shape index (κ2) is 7.56. The average molecular weight is 346 g/mol. The number of pyridine rings is 1. The maximum absolute atomic E-state index is 10.7. The fraction of sp³-hybridized carbons (Fsp3) is 0.562. The summed E-state index contributed by atoms with van der Waals surface area (Å²) in [5, 5.41) is 14.7. The van der Waals surface area contributed by atoms with Crippen LogP contribution >= 0.6 is 0 Å². The molecule has 0 atom stereocenters. The Balaban J connectivity index is 1.51. The summed E-state index contributed by atoms with van der Waals surface area (Å²) in [5.41, 5.74) is 0.907. The van der Waals surface area contributed by atoms with Crippen LogP contribution in [-0.4, -0.2) is 51.1 Å². The van der Waals surface area contributed by atoms with E-state index in [2.05, 4.69) is 38.8 Å². The van der Waals surface area contributed by atoms with Gasteiger partial charge in [-0.3, -0.25) is 4.90 Å². The Labute approximate surface area is 145 Å². The molecule has 9 heteroatoms. The van der Waals surface area contributed by atoms with Crippen LogP contribution in [0.5, 0.6) is 0 Å². The van der Waals surface area contributed by atoms with Crippen molar-refractivity contribution >= 4 is 11.5 Å². The quantitative estimate of drug-likeness (QED) is 0.577. The third kappa shape index (κ3) is 4.50. The number of hydrogen-bond donors (Lipinski definition) is 0. The molecule has 1 fully saturated rings. The first-order valence-electron chi connectivity index (χ1n) is 8.40. The molecule has 0 N–H and O–H groups in total. The van der Waals surface area contributed by atoms with E-state index in [1.165, 1.54) is 6.07 Å². The van der Waals surface area contributed by atoms with Crippen LogP contribution in [0, 0.1) is 16.0 Å². The van der Waals surface area contributed by atoms with E-state index >= 15 is 0 Å². The van der Waals surface area contributed by atoms with Crippen molar-refractivity contribution in [2.24, 2.45) is 5.92 Å². The first kappa shape index (κ1) is 17.3. The van der Waals surface area contributed by atoms with Gasteiger partial charge in [0.15, 0.2) is 12.0 Å². The summed E-state index contributed by atoms with van der Waals surface area (Å²) in [5.74, 6) is 1.78. The van der Waals surface area contributed by atoms with Gasteiger partial charge < -0.3 is 19.5 Å². The van der Waals surface area contributed by atoms with Gasteiger partial charge in [0.25, 0.3) is 0 Å². The summed E-state index contributed by atoms with van der Waals surface area (Å²) in [7, 11) is 0. The predicted octanol–water partition coefficient (Wildman–Crippen LogP) is 1.89. The first-order valence-corrected chi connectivity index (χ1v) is 8.40. The van der Waals surface area contributed by atoms with Gasteiger partial charge in [0, 0.05) is 38.7 Å². The maximum atomic E-state index is 10.7.